The quantitative estimate of drug-likeness (QED) is 0.583. The summed E-state index contributed by atoms with van der Waals surface area (Å²) in [6, 6.07) is -0.793. The highest BCUT2D eigenvalue weighted by molar-refractivity contribution is 5.81. The van der Waals surface area contributed by atoms with E-state index in [1.165, 1.54) is 12.0 Å². The van der Waals surface area contributed by atoms with Gasteiger partial charge in [0.2, 0.25) is 6.43 Å². The van der Waals surface area contributed by atoms with Gasteiger partial charge in [-0.15, -0.1) is 0 Å². The van der Waals surface area contributed by atoms with Crippen LogP contribution >= 0.6 is 0 Å². The van der Waals surface area contributed by atoms with Crippen molar-refractivity contribution in [2.45, 2.75) is 64.5 Å². The van der Waals surface area contributed by atoms with Crippen molar-refractivity contribution in [2.24, 2.45) is 0 Å². The summed E-state index contributed by atoms with van der Waals surface area (Å²) in [5.74, 6) is -0.540. The van der Waals surface area contributed by atoms with Crippen LogP contribution < -0.4 is 0 Å². The lowest BCUT2D eigenvalue weighted by molar-refractivity contribution is -0.146. The van der Waals surface area contributed by atoms with Crippen LogP contribution in [0.4, 0.5) is 13.6 Å². The number of esters is 1. The molecule has 1 rings (SSSR count). The van der Waals surface area contributed by atoms with Crippen LogP contribution in [-0.2, 0) is 14.3 Å². The van der Waals surface area contributed by atoms with Crippen LogP contribution in [0.5, 0.6) is 0 Å². The van der Waals surface area contributed by atoms with Gasteiger partial charge in [-0.2, -0.15) is 0 Å². The van der Waals surface area contributed by atoms with Gasteiger partial charge < -0.3 is 9.47 Å². The van der Waals surface area contributed by atoms with Crippen molar-refractivity contribution in [1.82, 2.24) is 4.90 Å². The summed E-state index contributed by atoms with van der Waals surface area (Å²) >= 11 is 0. The Morgan fingerprint density at radius 3 is 2.57 bits per heavy atom. The van der Waals surface area contributed by atoms with Gasteiger partial charge in [0.05, 0.1) is 7.11 Å². The van der Waals surface area contributed by atoms with E-state index in [0.717, 1.165) is 5.57 Å². The van der Waals surface area contributed by atoms with E-state index in [1.807, 2.05) is 0 Å². The van der Waals surface area contributed by atoms with Gasteiger partial charge in [-0.1, -0.05) is 11.6 Å². The number of amides is 1. The van der Waals surface area contributed by atoms with Gasteiger partial charge in [-0.25, -0.2) is 18.4 Å². The Bertz CT molecular complexity index is 457. The van der Waals surface area contributed by atoms with Gasteiger partial charge in [0.1, 0.15) is 11.6 Å². The Kier molecular flexibility index (Phi) is 6.97. The maximum Gasteiger partial charge on any atom is 0.411 e. The van der Waals surface area contributed by atoms with Crippen LogP contribution in [-0.4, -0.2) is 48.7 Å². The molecule has 23 heavy (non-hydrogen) atoms. The number of carbonyl (C=O) groups is 2. The van der Waals surface area contributed by atoms with Crippen molar-refractivity contribution in [3.63, 3.8) is 0 Å². The van der Waals surface area contributed by atoms with Crippen molar-refractivity contribution < 1.29 is 27.8 Å². The Balaban J connectivity index is 2.85. The first-order valence-electron chi connectivity index (χ1n) is 7.67. The number of alkyl halides is 2. The minimum Gasteiger partial charge on any atom is -0.467 e. The smallest absolute Gasteiger partial charge is 0.411 e. The topological polar surface area (TPSA) is 55.8 Å². The van der Waals surface area contributed by atoms with Crippen molar-refractivity contribution in [2.75, 3.05) is 13.7 Å². The normalized spacial score (nSPS) is 19.2. The molecule has 0 aromatic carbocycles. The molecular weight excluding hydrogens is 308 g/mol. The van der Waals surface area contributed by atoms with E-state index in [2.05, 4.69) is 0 Å². The monoisotopic (exact) mass is 333 g/mol. The van der Waals surface area contributed by atoms with Gasteiger partial charge in [-0.05, 0) is 40.0 Å². The van der Waals surface area contributed by atoms with E-state index in [-0.39, 0.29) is 25.8 Å². The lowest BCUT2D eigenvalue weighted by Crippen LogP contribution is -2.47. The Hall–Kier alpha value is -1.66. The van der Waals surface area contributed by atoms with E-state index in [9.17, 15) is 18.4 Å². The number of rotatable bonds is 4. The van der Waals surface area contributed by atoms with Crippen LogP contribution in [0.3, 0.4) is 0 Å². The Labute approximate surface area is 135 Å². The fourth-order valence-corrected chi connectivity index (χ4v) is 2.35. The molecule has 5 nitrogen and oxygen atoms in total. The summed E-state index contributed by atoms with van der Waals surface area (Å²) in [5.41, 5.74) is 0.140. The highest BCUT2D eigenvalue weighted by atomic mass is 19.3. The SMILES string of the molecule is COC(=O)[C@@H]1CC=C(CCC(F)F)CCN1C(=O)OC(C)(C)C. The maximum atomic E-state index is 12.4. The lowest BCUT2D eigenvalue weighted by atomic mass is 10.1. The molecule has 1 atom stereocenters. The zero-order chi connectivity index (χ0) is 17.6. The third-order valence-corrected chi connectivity index (χ3v) is 3.46. The average molecular weight is 333 g/mol. The third-order valence-electron chi connectivity index (χ3n) is 3.46. The number of carbonyl (C=O) groups excluding carboxylic acids is 2. The lowest BCUT2D eigenvalue weighted by Gasteiger charge is -2.30. The van der Waals surface area contributed by atoms with Crippen LogP contribution in [0, 0.1) is 0 Å². The number of hydrogen-bond acceptors (Lipinski definition) is 4. The highest BCUT2D eigenvalue weighted by Gasteiger charge is 2.34. The molecule has 1 heterocycles. The van der Waals surface area contributed by atoms with Crippen molar-refractivity contribution in [1.29, 1.82) is 0 Å². The first-order chi connectivity index (χ1) is 10.6. The molecular formula is C16H25F2NO4. The molecule has 0 N–H and O–H groups in total. The number of ether oxygens (including phenoxy) is 2. The third kappa shape index (κ3) is 6.54. The van der Waals surface area contributed by atoms with E-state index < -0.39 is 30.1 Å². The molecule has 0 saturated carbocycles. The molecule has 1 aliphatic rings. The standard InChI is InChI=1S/C16H25F2NO4/c1-16(2,3)23-15(21)19-10-9-11(6-8-13(17)18)5-7-12(19)14(20)22-4/h5,12-13H,6-10H2,1-4H3/t12-/m0/s1. The fourth-order valence-electron chi connectivity index (χ4n) is 2.35. The Morgan fingerprint density at radius 1 is 1.39 bits per heavy atom. The molecule has 1 aliphatic heterocycles. The second-order valence-electron chi connectivity index (χ2n) is 6.49. The van der Waals surface area contributed by atoms with Crippen LogP contribution in [0.1, 0.15) is 46.5 Å². The number of halogens is 2. The first-order valence-corrected chi connectivity index (χ1v) is 7.67. The second-order valence-corrected chi connectivity index (χ2v) is 6.49. The number of nitrogens with zero attached hydrogens (tertiary/aromatic N) is 1. The minimum atomic E-state index is -2.36. The van der Waals surface area contributed by atoms with Crippen LogP contribution in [0.15, 0.2) is 11.6 Å². The summed E-state index contributed by atoms with van der Waals surface area (Å²) in [5, 5.41) is 0. The molecule has 0 saturated heterocycles. The predicted octanol–water partition coefficient (Wildman–Crippen LogP) is 3.53. The number of methoxy groups -OCH3 is 1. The average Bonchev–Trinajstić information content (AvgIpc) is 2.64. The van der Waals surface area contributed by atoms with Crippen LogP contribution in [0.2, 0.25) is 0 Å². The van der Waals surface area contributed by atoms with E-state index >= 15 is 0 Å². The predicted molar refractivity (Wildman–Crippen MR) is 81.3 cm³/mol. The molecule has 0 aliphatic carbocycles. The van der Waals surface area contributed by atoms with Gasteiger partial charge in [-0.3, -0.25) is 4.90 Å². The molecule has 1 amide bonds. The van der Waals surface area contributed by atoms with Gasteiger partial charge in [0, 0.05) is 13.0 Å². The molecule has 0 spiro atoms. The second kappa shape index (κ2) is 8.26. The molecule has 132 valence electrons. The summed E-state index contributed by atoms with van der Waals surface area (Å²) in [6.45, 7) is 5.45. The van der Waals surface area contributed by atoms with Gasteiger partial charge in [0.15, 0.2) is 0 Å². The van der Waals surface area contributed by atoms with Gasteiger partial charge in [0.25, 0.3) is 0 Å². The van der Waals surface area contributed by atoms with Crippen molar-refractivity contribution in [3.05, 3.63) is 11.6 Å². The van der Waals surface area contributed by atoms with Gasteiger partial charge >= 0.3 is 12.1 Å². The summed E-state index contributed by atoms with van der Waals surface area (Å²) in [7, 11) is 1.25. The summed E-state index contributed by atoms with van der Waals surface area (Å²) in [6.07, 6.45) is -0.485. The van der Waals surface area contributed by atoms with E-state index in [1.54, 1.807) is 26.8 Å². The zero-order valence-corrected chi connectivity index (χ0v) is 14.1. The first kappa shape index (κ1) is 19.4. The van der Waals surface area contributed by atoms with Crippen molar-refractivity contribution in [3.8, 4) is 0 Å². The molecule has 0 aromatic heterocycles. The molecule has 0 bridgehead atoms. The minimum absolute atomic E-state index is 0.221. The van der Waals surface area contributed by atoms with E-state index in [4.69, 9.17) is 9.47 Å². The summed E-state index contributed by atoms with van der Waals surface area (Å²) < 4.78 is 34.8. The highest BCUT2D eigenvalue weighted by Crippen LogP contribution is 2.24. The Morgan fingerprint density at radius 2 is 2.04 bits per heavy atom. The van der Waals surface area contributed by atoms with Crippen LogP contribution in [0.25, 0.3) is 0 Å². The number of hydrogen-bond donors (Lipinski definition) is 0. The molecule has 0 aromatic rings. The fraction of sp³-hybridized carbons (Fsp3) is 0.750. The summed E-state index contributed by atoms with van der Waals surface area (Å²) in [4.78, 5) is 25.6. The maximum absolute atomic E-state index is 12.4. The molecule has 7 heteroatoms. The zero-order valence-electron chi connectivity index (χ0n) is 14.1. The molecule has 0 unspecified atom stereocenters. The molecule has 0 fully saturated rings. The largest absolute Gasteiger partial charge is 0.467 e. The van der Waals surface area contributed by atoms with Crippen molar-refractivity contribution >= 4 is 12.1 Å². The van der Waals surface area contributed by atoms with E-state index in [0.29, 0.717) is 6.42 Å². The molecule has 0 radical (unpaired) electrons.